The van der Waals surface area contributed by atoms with E-state index in [0.29, 0.717) is 28.9 Å². The van der Waals surface area contributed by atoms with E-state index in [4.69, 9.17) is 9.84 Å². The third-order valence-corrected chi connectivity index (χ3v) is 4.72. The second kappa shape index (κ2) is 9.43. The SMILES string of the molecule is CCOc1ccc2ccccc2c1C(=O)N[C@@H](Cc1cccc(C(=O)O)c1)B(O)O. The molecule has 4 N–H and O–H groups in total. The summed E-state index contributed by atoms with van der Waals surface area (Å²) in [6.07, 6.45) is 0.0409. The van der Waals surface area contributed by atoms with Crippen molar-refractivity contribution in [3.8, 4) is 5.75 Å². The molecule has 7 nitrogen and oxygen atoms in total. The fraction of sp³-hybridized carbons (Fsp3) is 0.182. The monoisotopic (exact) mass is 407 g/mol. The predicted molar refractivity (Wildman–Crippen MR) is 114 cm³/mol. The Bertz CT molecular complexity index is 1070. The standard InChI is InChI=1S/C22H22BNO6/c1-2-30-18-11-10-15-7-3-4-9-17(15)20(18)21(25)24-19(23(28)29)13-14-6-5-8-16(12-14)22(26)27/h3-12,19,28-29H,2,13H2,1H3,(H,24,25)(H,26,27)/t19-/m0/s1. The molecule has 0 saturated heterocycles. The lowest BCUT2D eigenvalue weighted by molar-refractivity contribution is 0.0696. The molecule has 0 fully saturated rings. The molecule has 154 valence electrons. The summed E-state index contributed by atoms with van der Waals surface area (Å²) in [5.74, 6) is -2.25. The second-order valence-corrected chi connectivity index (χ2v) is 6.80. The van der Waals surface area contributed by atoms with Crippen LogP contribution in [-0.4, -0.2) is 46.7 Å². The Hall–Kier alpha value is -3.36. The molecule has 30 heavy (non-hydrogen) atoms. The summed E-state index contributed by atoms with van der Waals surface area (Å²) < 4.78 is 5.62. The third-order valence-electron chi connectivity index (χ3n) is 4.72. The maximum Gasteiger partial charge on any atom is 0.475 e. The first-order valence-corrected chi connectivity index (χ1v) is 9.54. The molecule has 0 aromatic heterocycles. The van der Waals surface area contributed by atoms with E-state index in [1.165, 1.54) is 12.1 Å². The summed E-state index contributed by atoms with van der Waals surface area (Å²) in [6.45, 7) is 2.18. The van der Waals surface area contributed by atoms with Gasteiger partial charge in [0.1, 0.15) is 5.75 Å². The van der Waals surface area contributed by atoms with Gasteiger partial charge in [0.2, 0.25) is 0 Å². The average molecular weight is 407 g/mol. The number of hydrogen-bond acceptors (Lipinski definition) is 5. The normalized spacial score (nSPS) is 11.7. The zero-order valence-corrected chi connectivity index (χ0v) is 16.4. The van der Waals surface area contributed by atoms with Gasteiger partial charge < -0.3 is 25.2 Å². The minimum absolute atomic E-state index is 0.0409. The van der Waals surface area contributed by atoms with Crippen LogP contribution in [0, 0.1) is 0 Å². The summed E-state index contributed by atoms with van der Waals surface area (Å²) in [5, 5.41) is 33.0. The van der Waals surface area contributed by atoms with E-state index in [0.717, 1.165) is 5.39 Å². The van der Waals surface area contributed by atoms with Gasteiger partial charge in [-0.25, -0.2) is 4.79 Å². The van der Waals surface area contributed by atoms with Crippen molar-refractivity contribution in [3.63, 3.8) is 0 Å². The average Bonchev–Trinajstić information content (AvgIpc) is 2.73. The molecule has 0 bridgehead atoms. The van der Waals surface area contributed by atoms with Crippen LogP contribution in [0.15, 0.2) is 60.7 Å². The van der Waals surface area contributed by atoms with Gasteiger partial charge >= 0.3 is 13.1 Å². The van der Waals surface area contributed by atoms with Crippen molar-refractivity contribution < 1.29 is 29.5 Å². The van der Waals surface area contributed by atoms with E-state index < -0.39 is 24.9 Å². The number of hydrogen-bond donors (Lipinski definition) is 4. The molecule has 0 aliphatic carbocycles. The van der Waals surface area contributed by atoms with Crippen LogP contribution in [0.4, 0.5) is 0 Å². The zero-order valence-electron chi connectivity index (χ0n) is 16.4. The van der Waals surface area contributed by atoms with Crippen molar-refractivity contribution in [3.05, 3.63) is 77.4 Å². The lowest BCUT2D eigenvalue weighted by Gasteiger charge is -2.20. The van der Waals surface area contributed by atoms with Crippen LogP contribution in [0.3, 0.4) is 0 Å². The highest BCUT2D eigenvalue weighted by atomic mass is 16.5. The summed E-state index contributed by atoms with van der Waals surface area (Å²) >= 11 is 0. The number of carboxylic acid groups (broad SMARTS) is 1. The minimum atomic E-state index is -1.84. The van der Waals surface area contributed by atoms with Crippen LogP contribution in [0.2, 0.25) is 0 Å². The topological polar surface area (TPSA) is 116 Å². The number of carboxylic acids is 1. The van der Waals surface area contributed by atoms with Crippen molar-refractivity contribution in [2.24, 2.45) is 0 Å². The Morgan fingerprint density at radius 2 is 1.83 bits per heavy atom. The number of rotatable bonds is 8. The Balaban J connectivity index is 1.91. The molecule has 1 atom stereocenters. The minimum Gasteiger partial charge on any atom is -0.493 e. The Morgan fingerprint density at radius 1 is 1.07 bits per heavy atom. The molecule has 3 aromatic rings. The Morgan fingerprint density at radius 3 is 2.53 bits per heavy atom. The predicted octanol–water partition coefficient (Wildman–Crippen LogP) is 2.29. The van der Waals surface area contributed by atoms with E-state index in [-0.39, 0.29) is 12.0 Å². The molecule has 3 rings (SSSR count). The van der Waals surface area contributed by atoms with E-state index in [9.17, 15) is 19.6 Å². The van der Waals surface area contributed by atoms with Gasteiger partial charge in [-0.1, -0.05) is 42.5 Å². The van der Waals surface area contributed by atoms with E-state index >= 15 is 0 Å². The van der Waals surface area contributed by atoms with Crippen molar-refractivity contribution in [1.82, 2.24) is 5.32 Å². The molecule has 8 heteroatoms. The number of ether oxygens (including phenoxy) is 1. The first kappa shape index (κ1) is 21.4. The highest BCUT2D eigenvalue weighted by molar-refractivity contribution is 6.44. The van der Waals surface area contributed by atoms with Gasteiger partial charge in [-0.2, -0.15) is 0 Å². The number of amides is 1. The second-order valence-electron chi connectivity index (χ2n) is 6.80. The number of nitrogens with one attached hydrogen (secondary N) is 1. The van der Waals surface area contributed by atoms with E-state index in [1.54, 1.807) is 24.3 Å². The summed E-state index contributed by atoms with van der Waals surface area (Å²) in [5.41, 5.74) is 0.939. The van der Waals surface area contributed by atoms with Crippen molar-refractivity contribution in [2.45, 2.75) is 19.3 Å². The largest absolute Gasteiger partial charge is 0.493 e. The summed E-state index contributed by atoms with van der Waals surface area (Å²) in [4.78, 5) is 24.3. The maximum atomic E-state index is 13.1. The highest BCUT2D eigenvalue weighted by Gasteiger charge is 2.28. The molecule has 0 unspecified atom stereocenters. The van der Waals surface area contributed by atoms with Gasteiger partial charge in [0, 0.05) is 0 Å². The first-order valence-electron chi connectivity index (χ1n) is 9.54. The molecule has 0 heterocycles. The quantitative estimate of drug-likeness (QED) is 0.426. The molecule has 0 aliphatic rings. The smallest absolute Gasteiger partial charge is 0.475 e. The first-order chi connectivity index (χ1) is 14.4. The maximum absolute atomic E-state index is 13.1. The fourth-order valence-corrected chi connectivity index (χ4v) is 3.32. The van der Waals surface area contributed by atoms with Crippen LogP contribution in [0.5, 0.6) is 5.75 Å². The van der Waals surface area contributed by atoms with Gasteiger partial charge in [0.05, 0.1) is 23.7 Å². The van der Waals surface area contributed by atoms with Gasteiger partial charge in [-0.15, -0.1) is 0 Å². The van der Waals surface area contributed by atoms with E-state index in [1.807, 2.05) is 31.2 Å². The van der Waals surface area contributed by atoms with Crippen LogP contribution in [0.1, 0.15) is 33.2 Å². The molecule has 0 radical (unpaired) electrons. The lowest BCUT2D eigenvalue weighted by atomic mass is 9.75. The lowest BCUT2D eigenvalue weighted by Crippen LogP contribution is -2.48. The van der Waals surface area contributed by atoms with Crippen LogP contribution in [-0.2, 0) is 6.42 Å². The van der Waals surface area contributed by atoms with Gasteiger partial charge in [-0.05, 0) is 47.9 Å². The number of fused-ring (bicyclic) bond motifs is 1. The number of benzene rings is 3. The van der Waals surface area contributed by atoms with Crippen LogP contribution in [0.25, 0.3) is 10.8 Å². The third kappa shape index (κ3) is 4.79. The number of aromatic carboxylic acids is 1. The highest BCUT2D eigenvalue weighted by Crippen LogP contribution is 2.28. The fourth-order valence-electron chi connectivity index (χ4n) is 3.32. The van der Waals surface area contributed by atoms with Crippen molar-refractivity contribution >= 4 is 29.8 Å². The van der Waals surface area contributed by atoms with Crippen LogP contribution < -0.4 is 10.1 Å². The molecule has 0 saturated carbocycles. The summed E-state index contributed by atoms with van der Waals surface area (Å²) in [6, 6.07) is 17.0. The number of carbonyl (C=O) groups is 2. The molecule has 0 spiro atoms. The van der Waals surface area contributed by atoms with Crippen LogP contribution >= 0.6 is 0 Å². The molecule has 1 amide bonds. The molecular formula is C22H22BNO6. The van der Waals surface area contributed by atoms with Gasteiger partial charge in [0.25, 0.3) is 5.91 Å². The van der Waals surface area contributed by atoms with E-state index in [2.05, 4.69) is 5.32 Å². The Labute approximate surface area is 174 Å². The number of carbonyl (C=O) groups excluding carboxylic acids is 1. The van der Waals surface area contributed by atoms with Gasteiger partial charge in [0.15, 0.2) is 0 Å². The summed E-state index contributed by atoms with van der Waals surface area (Å²) in [7, 11) is -1.84. The zero-order chi connectivity index (χ0) is 21.7. The molecule has 0 aliphatic heterocycles. The molecule has 3 aromatic carbocycles. The van der Waals surface area contributed by atoms with Crippen molar-refractivity contribution in [2.75, 3.05) is 6.61 Å². The van der Waals surface area contributed by atoms with Crippen molar-refractivity contribution in [1.29, 1.82) is 0 Å². The van der Waals surface area contributed by atoms with Gasteiger partial charge in [-0.3, -0.25) is 4.79 Å². The molecular weight excluding hydrogens is 385 g/mol. The Kier molecular flexibility index (Phi) is 6.71.